The molecule has 23 heavy (non-hydrogen) atoms. The minimum Gasteiger partial charge on any atom is -0.369 e. The number of piperazine rings is 1. The van der Waals surface area contributed by atoms with E-state index in [0.29, 0.717) is 5.69 Å². The highest BCUT2D eigenvalue weighted by molar-refractivity contribution is 9.10. The fraction of sp³-hybridized carbons (Fsp3) is 0.294. The number of likely N-dealkylation sites (N-methyl/N-ethyl adjacent to an activating group) is 1. The quantitative estimate of drug-likeness (QED) is 0.897. The molecule has 0 unspecified atom stereocenters. The van der Waals surface area contributed by atoms with Gasteiger partial charge < -0.3 is 15.1 Å². The van der Waals surface area contributed by atoms with Crippen LogP contribution in [0.5, 0.6) is 0 Å². The standard InChI is InChI=1S/C17H19BrN4O/c1-21-8-10-22(11-9-21)15-6-7-19-16(12-15)17(23)20-14-4-2-13(18)3-5-14/h2-7,12H,8-11H2,1H3,(H,20,23). The largest absolute Gasteiger partial charge is 0.369 e. The summed E-state index contributed by atoms with van der Waals surface area (Å²) in [6.07, 6.45) is 1.70. The van der Waals surface area contributed by atoms with Gasteiger partial charge in [0.25, 0.3) is 5.91 Å². The van der Waals surface area contributed by atoms with Gasteiger partial charge in [-0.25, -0.2) is 0 Å². The Morgan fingerprint density at radius 3 is 2.52 bits per heavy atom. The van der Waals surface area contributed by atoms with E-state index in [1.807, 2.05) is 36.4 Å². The van der Waals surface area contributed by atoms with Gasteiger partial charge in [0.05, 0.1) is 0 Å². The van der Waals surface area contributed by atoms with Crippen LogP contribution in [-0.4, -0.2) is 49.0 Å². The lowest BCUT2D eigenvalue weighted by atomic mass is 10.2. The van der Waals surface area contributed by atoms with Gasteiger partial charge in [0.1, 0.15) is 5.69 Å². The minimum absolute atomic E-state index is 0.191. The van der Waals surface area contributed by atoms with Gasteiger partial charge in [0, 0.05) is 48.2 Å². The van der Waals surface area contributed by atoms with E-state index in [-0.39, 0.29) is 5.91 Å². The van der Waals surface area contributed by atoms with Crippen LogP contribution in [0, 0.1) is 0 Å². The van der Waals surface area contributed by atoms with Crippen molar-refractivity contribution in [2.45, 2.75) is 0 Å². The fourth-order valence-electron chi connectivity index (χ4n) is 2.53. The van der Waals surface area contributed by atoms with E-state index in [2.05, 4.69) is 43.1 Å². The van der Waals surface area contributed by atoms with E-state index in [1.165, 1.54) is 0 Å². The topological polar surface area (TPSA) is 48.5 Å². The van der Waals surface area contributed by atoms with Gasteiger partial charge >= 0.3 is 0 Å². The Hall–Kier alpha value is -1.92. The molecule has 2 heterocycles. The molecule has 0 radical (unpaired) electrons. The second kappa shape index (κ2) is 7.10. The molecule has 1 aliphatic rings. The lowest BCUT2D eigenvalue weighted by Gasteiger charge is -2.34. The minimum atomic E-state index is -0.191. The predicted molar refractivity (Wildman–Crippen MR) is 96.0 cm³/mol. The van der Waals surface area contributed by atoms with Crippen molar-refractivity contribution < 1.29 is 4.79 Å². The summed E-state index contributed by atoms with van der Waals surface area (Å²) in [5, 5.41) is 2.87. The Balaban J connectivity index is 1.71. The van der Waals surface area contributed by atoms with Crippen LogP contribution in [0.3, 0.4) is 0 Å². The van der Waals surface area contributed by atoms with Crippen molar-refractivity contribution in [2.24, 2.45) is 0 Å². The number of rotatable bonds is 3. The van der Waals surface area contributed by atoms with E-state index in [4.69, 9.17) is 0 Å². The van der Waals surface area contributed by atoms with Crippen molar-refractivity contribution in [2.75, 3.05) is 43.4 Å². The number of carbonyl (C=O) groups is 1. The summed E-state index contributed by atoms with van der Waals surface area (Å²) in [5.41, 5.74) is 2.24. The fourth-order valence-corrected chi connectivity index (χ4v) is 2.80. The van der Waals surface area contributed by atoms with Gasteiger partial charge in [-0.05, 0) is 43.4 Å². The summed E-state index contributed by atoms with van der Waals surface area (Å²) in [6, 6.07) is 11.3. The van der Waals surface area contributed by atoms with Crippen molar-refractivity contribution in [1.29, 1.82) is 0 Å². The van der Waals surface area contributed by atoms with Crippen molar-refractivity contribution >= 4 is 33.2 Å². The number of nitrogens with zero attached hydrogens (tertiary/aromatic N) is 3. The number of anilines is 2. The molecule has 1 aromatic carbocycles. The number of carbonyl (C=O) groups excluding carboxylic acids is 1. The molecule has 0 bridgehead atoms. The number of halogens is 1. The molecule has 120 valence electrons. The van der Waals surface area contributed by atoms with Gasteiger partial charge in [-0.1, -0.05) is 15.9 Å². The number of aromatic nitrogens is 1. The lowest BCUT2D eigenvalue weighted by molar-refractivity contribution is 0.102. The van der Waals surface area contributed by atoms with Crippen LogP contribution in [0.15, 0.2) is 47.1 Å². The van der Waals surface area contributed by atoms with Gasteiger partial charge in [0.2, 0.25) is 0 Å². The Morgan fingerprint density at radius 1 is 1.13 bits per heavy atom. The maximum atomic E-state index is 12.4. The average Bonchev–Trinajstić information content (AvgIpc) is 2.58. The second-order valence-electron chi connectivity index (χ2n) is 5.65. The molecular weight excluding hydrogens is 356 g/mol. The summed E-state index contributed by atoms with van der Waals surface area (Å²) in [5.74, 6) is -0.191. The Bertz CT molecular complexity index is 681. The summed E-state index contributed by atoms with van der Waals surface area (Å²) in [7, 11) is 2.13. The number of benzene rings is 1. The van der Waals surface area contributed by atoms with Crippen LogP contribution in [-0.2, 0) is 0 Å². The smallest absolute Gasteiger partial charge is 0.274 e. The number of hydrogen-bond donors (Lipinski definition) is 1. The van der Waals surface area contributed by atoms with Crippen molar-refractivity contribution in [3.63, 3.8) is 0 Å². The molecule has 1 amide bonds. The first-order valence-electron chi connectivity index (χ1n) is 7.58. The van der Waals surface area contributed by atoms with Crippen molar-refractivity contribution in [3.05, 3.63) is 52.8 Å². The van der Waals surface area contributed by atoms with Crippen LogP contribution in [0.1, 0.15) is 10.5 Å². The highest BCUT2D eigenvalue weighted by Crippen LogP contribution is 2.18. The predicted octanol–water partition coefficient (Wildman–Crippen LogP) is 2.85. The van der Waals surface area contributed by atoms with Crippen LogP contribution in [0.4, 0.5) is 11.4 Å². The average molecular weight is 375 g/mol. The second-order valence-corrected chi connectivity index (χ2v) is 6.57. The zero-order chi connectivity index (χ0) is 16.2. The molecule has 0 spiro atoms. The van der Waals surface area contributed by atoms with Crippen LogP contribution in [0.25, 0.3) is 0 Å². The third-order valence-electron chi connectivity index (χ3n) is 3.95. The molecule has 0 aliphatic carbocycles. The van der Waals surface area contributed by atoms with Gasteiger partial charge in [0.15, 0.2) is 0 Å². The maximum absolute atomic E-state index is 12.4. The molecule has 2 aromatic rings. The normalized spacial score (nSPS) is 15.5. The molecule has 1 aromatic heterocycles. The molecule has 1 aliphatic heterocycles. The first-order valence-corrected chi connectivity index (χ1v) is 8.37. The summed E-state index contributed by atoms with van der Waals surface area (Å²) in [6.45, 7) is 3.99. The molecule has 1 N–H and O–H groups in total. The van der Waals surface area contributed by atoms with Gasteiger partial charge in [-0.3, -0.25) is 9.78 Å². The van der Waals surface area contributed by atoms with E-state index >= 15 is 0 Å². The Labute approximate surface area is 144 Å². The molecule has 1 fully saturated rings. The van der Waals surface area contributed by atoms with Gasteiger partial charge in [-0.2, -0.15) is 0 Å². The first-order chi connectivity index (χ1) is 11.1. The molecule has 3 rings (SSSR count). The van der Waals surface area contributed by atoms with E-state index in [9.17, 15) is 4.79 Å². The van der Waals surface area contributed by atoms with Crippen LogP contribution in [0.2, 0.25) is 0 Å². The van der Waals surface area contributed by atoms with Crippen molar-refractivity contribution in [3.8, 4) is 0 Å². The third-order valence-corrected chi connectivity index (χ3v) is 4.48. The SMILES string of the molecule is CN1CCN(c2ccnc(C(=O)Nc3ccc(Br)cc3)c2)CC1. The summed E-state index contributed by atoms with van der Waals surface area (Å²) in [4.78, 5) is 21.2. The highest BCUT2D eigenvalue weighted by atomic mass is 79.9. The first kappa shape index (κ1) is 16.0. The number of amides is 1. The molecule has 5 nitrogen and oxygen atoms in total. The monoisotopic (exact) mass is 374 g/mol. The third kappa shape index (κ3) is 4.09. The lowest BCUT2D eigenvalue weighted by Crippen LogP contribution is -2.44. The van der Waals surface area contributed by atoms with Gasteiger partial charge in [-0.15, -0.1) is 0 Å². The van der Waals surface area contributed by atoms with E-state index in [1.54, 1.807) is 6.20 Å². The number of pyridine rings is 1. The molecule has 0 atom stereocenters. The Morgan fingerprint density at radius 2 is 1.83 bits per heavy atom. The number of nitrogens with one attached hydrogen (secondary N) is 1. The zero-order valence-electron chi connectivity index (χ0n) is 13.0. The van der Waals surface area contributed by atoms with E-state index in [0.717, 1.165) is 42.0 Å². The molecule has 6 heteroatoms. The summed E-state index contributed by atoms with van der Waals surface area (Å²) < 4.78 is 0.977. The Kier molecular flexibility index (Phi) is 4.93. The highest BCUT2D eigenvalue weighted by Gasteiger charge is 2.16. The maximum Gasteiger partial charge on any atom is 0.274 e. The molecular formula is C17H19BrN4O. The van der Waals surface area contributed by atoms with E-state index < -0.39 is 0 Å². The summed E-state index contributed by atoms with van der Waals surface area (Å²) >= 11 is 3.38. The zero-order valence-corrected chi connectivity index (χ0v) is 14.6. The van der Waals surface area contributed by atoms with Crippen LogP contribution < -0.4 is 10.2 Å². The number of hydrogen-bond acceptors (Lipinski definition) is 4. The molecule has 0 saturated carbocycles. The van der Waals surface area contributed by atoms with Crippen LogP contribution >= 0.6 is 15.9 Å². The molecule has 1 saturated heterocycles. The van der Waals surface area contributed by atoms with Crippen molar-refractivity contribution in [1.82, 2.24) is 9.88 Å².